The lowest BCUT2D eigenvalue weighted by atomic mass is 9.92. The summed E-state index contributed by atoms with van der Waals surface area (Å²) in [7, 11) is 1.96. The van der Waals surface area contributed by atoms with Crippen molar-refractivity contribution in [2.75, 3.05) is 0 Å². The average Bonchev–Trinajstić information content (AvgIpc) is 2.70. The predicted octanol–water partition coefficient (Wildman–Crippen LogP) is 6.37. The Morgan fingerprint density at radius 3 is 2.32 bits per heavy atom. The second-order valence-electron chi connectivity index (χ2n) is 7.62. The highest BCUT2D eigenvalue weighted by molar-refractivity contribution is 5.96. The first-order valence-corrected chi connectivity index (χ1v) is 9.55. The Morgan fingerprint density at radius 1 is 0.893 bits per heavy atom. The Morgan fingerprint density at radius 2 is 1.61 bits per heavy atom. The molecule has 0 unspecified atom stereocenters. The smallest absolute Gasteiger partial charge is 0.206 e. The van der Waals surface area contributed by atoms with Gasteiger partial charge in [0.25, 0.3) is 0 Å². The van der Waals surface area contributed by atoms with Gasteiger partial charge in [0.15, 0.2) is 5.69 Å². The molecule has 0 amide bonds. The van der Waals surface area contributed by atoms with Crippen LogP contribution >= 0.6 is 0 Å². The van der Waals surface area contributed by atoms with Crippen molar-refractivity contribution in [1.82, 2.24) is 0 Å². The molecule has 0 bridgehead atoms. The summed E-state index contributed by atoms with van der Waals surface area (Å²) < 4.78 is 26.0. The van der Waals surface area contributed by atoms with Crippen LogP contribution in [0.3, 0.4) is 0 Å². The van der Waals surface area contributed by atoms with Gasteiger partial charge >= 0.3 is 0 Å². The standard InChI is InChI=1S/C26H25FN/c1-16-11-17(2)19(4)22(12-16)26-24-15-25(27)23(20-9-7-6-8-10-20)14-21(24)13-18(3)28(26)5/h6-15H,1-5H3/q+1/i13D. The number of aromatic nitrogens is 1. The van der Waals surface area contributed by atoms with E-state index in [0.29, 0.717) is 11.6 Å². The van der Waals surface area contributed by atoms with Gasteiger partial charge in [0.05, 0.1) is 12.3 Å². The van der Waals surface area contributed by atoms with Crippen LogP contribution in [-0.2, 0) is 7.05 Å². The number of pyridine rings is 1. The van der Waals surface area contributed by atoms with Gasteiger partial charge in [-0.05, 0) is 61.0 Å². The molecule has 0 saturated carbocycles. The van der Waals surface area contributed by atoms with Crippen molar-refractivity contribution < 1.29 is 10.3 Å². The average molecular weight is 371 g/mol. The number of aryl methyl sites for hydroxylation is 2. The first-order valence-electron chi connectivity index (χ1n) is 10.1. The maximum Gasteiger partial charge on any atom is 0.220 e. The molecule has 4 aromatic rings. The number of fused-ring (bicyclic) bond motifs is 1. The number of halogens is 1. The summed E-state index contributed by atoms with van der Waals surface area (Å²) in [6, 6.07) is 17.7. The van der Waals surface area contributed by atoms with Gasteiger partial charge < -0.3 is 0 Å². The van der Waals surface area contributed by atoms with Gasteiger partial charge in [0, 0.05) is 18.5 Å². The molecule has 0 saturated heterocycles. The van der Waals surface area contributed by atoms with Crippen LogP contribution in [0.25, 0.3) is 33.2 Å². The van der Waals surface area contributed by atoms with Gasteiger partial charge in [-0.15, -0.1) is 0 Å². The molecule has 1 nitrogen and oxygen atoms in total. The Labute approximate surface area is 167 Å². The Balaban J connectivity index is 2.13. The lowest BCUT2D eigenvalue weighted by Crippen LogP contribution is -2.35. The molecule has 0 fully saturated rings. The molecule has 1 heterocycles. The van der Waals surface area contributed by atoms with Gasteiger partial charge in [-0.3, -0.25) is 0 Å². The largest absolute Gasteiger partial charge is 0.220 e. The van der Waals surface area contributed by atoms with Crippen LogP contribution in [0.4, 0.5) is 4.39 Å². The maximum atomic E-state index is 15.3. The van der Waals surface area contributed by atoms with E-state index in [1.807, 2.05) is 54.9 Å². The number of rotatable bonds is 2. The van der Waals surface area contributed by atoms with Gasteiger partial charge in [-0.2, -0.15) is 4.57 Å². The highest BCUT2D eigenvalue weighted by Crippen LogP contribution is 2.34. The predicted molar refractivity (Wildman–Crippen MR) is 115 cm³/mol. The van der Waals surface area contributed by atoms with Gasteiger partial charge in [0.2, 0.25) is 5.69 Å². The molecule has 0 aliphatic rings. The summed E-state index contributed by atoms with van der Waals surface area (Å²) in [5.74, 6) is -0.268. The van der Waals surface area contributed by atoms with Crippen molar-refractivity contribution in [3.63, 3.8) is 0 Å². The zero-order chi connectivity index (χ0) is 20.9. The molecule has 0 N–H and O–H groups in total. The maximum absolute atomic E-state index is 15.3. The van der Waals surface area contributed by atoms with E-state index < -0.39 is 0 Å². The number of hydrogen-bond donors (Lipinski definition) is 0. The normalized spacial score (nSPS) is 11.7. The lowest BCUT2D eigenvalue weighted by molar-refractivity contribution is -0.665. The highest BCUT2D eigenvalue weighted by atomic mass is 19.1. The van der Waals surface area contributed by atoms with E-state index in [4.69, 9.17) is 1.37 Å². The molecule has 2 heteroatoms. The number of nitrogens with zero attached hydrogens (tertiary/aromatic N) is 1. The number of hydrogen-bond acceptors (Lipinski definition) is 0. The van der Waals surface area contributed by atoms with Crippen LogP contribution < -0.4 is 4.57 Å². The van der Waals surface area contributed by atoms with Crippen LogP contribution in [0.2, 0.25) is 0 Å². The summed E-state index contributed by atoms with van der Waals surface area (Å²) >= 11 is 0. The molecular formula is C26H25FN+. The van der Waals surface area contributed by atoms with Gasteiger partial charge in [-0.1, -0.05) is 42.0 Å². The van der Waals surface area contributed by atoms with E-state index in [1.54, 1.807) is 6.07 Å². The third-order valence-electron chi connectivity index (χ3n) is 5.67. The minimum Gasteiger partial charge on any atom is -0.206 e. The summed E-state index contributed by atoms with van der Waals surface area (Å²) in [6.45, 7) is 8.25. The molecular weight excluding hydrogens is 345 g/mol. The number of benzene rings is 3. The Hall–Kier alpha value is -3.00. The summed E-state index contributed by atoms with van der Waals surface area (Å²) in [5.41, 5.74) is 7.81. The van der Waals surface area contributed by atoms with Crippen LogP contribution in [-0.4, -0.2) is 0 Å². The summed E-state index contributed by atoms with van der Waals surface area (Å²) in [5, 5.41) is 1.54. The van der Waals surface area contributed by atoms with Gasteiger partial charge in [-0.25, -0.2) is 4.39 Å². The molecule has 0 aliphatic heterocycles. The van der Waals surface area contributed by atoms with Crippen molar-refractivity contribution in [2.45, 2.75) is 27.7 Å². The molecule has 0 atom stereocenters. The van der Waals surface area contributed by atoms with Crippen molar-refractivity contribution in [2.24, 2.45) is 7.05 Å². The van der Waals surface area contributed by atoms with Crippen LogP contribution in [0, 0.1) is 33.5 Å². The highest BCUT2D eigenvalue weighted by Gasteiger charge is 2.22. The molecule has 4 rings (SSSR count). The molecule has 140 valence electrons. The quantitative estimate of drug-likeness (QED) is 0.360. The molecule has 0 spiro atoms. The third kappa shape index (κ3) is 2.99. The van der Waals surface area contributed by atoms with E-state index in [2.05, 4.69) is 32.9 Å². The van der Waals surface area contributed by atoms with Crippen molar-refractivity contribution in [1.29, 1.82) is 0 Å². The fourth-order valence-corrected chi connectivity index (χ4v) is 3.95. The topological polar surface area (TPSA) is 3.88 Å². The van der Waals surface area contributed by atoms with Crippen molar-refractivity contribution in [3.8, 4) is 22.4 Å². The molecule has 3 aromatic carbocycles. The Bertz CT molecular complexity index is 1260. The Kier molecular flexibility index (Phi) is 4.20. The minimum atomic E-state index is -0.268. The van der Waals surface area contributed by atoms with Crippen molar-refractivity contribution >= 4 is 10.8 Å². The zero-order valence-electron chi connectivity index (χ0n) is 18.0. The molecule has 28 heavy (non-hydrogen) atoms. The summed E-state index contributed by atoms with van der Waals surface area (Å²) in [6.07, 6.45) is 0. The second kappa shape index (κ2) is 6.87. The van der Waals surface area contributed by atoms with Gasteiger partial charge in [0.1, 0.15) is 12.9 Å². The zero-order valence-corrected chi connectivity index (χ0v) is 17.0. The SMILES string of the molecule is [2H]c1c(C)[n+](C)c(-c2cc(C)cc(C)c2C)c2cc(F)c(-c3ccccc3)cc12. The second-order valence-corrected chi connectivity index (χ2v) is 7.62. The monoisotopic (exact) mass is 371 g/mol. The lowest BCUT2D eigenvalue weighted by Gasteiger charge is -2.14. The van der Waals surface area contributed by atoms with E-state index in [-0.39, 0.29) is 5.82 Å². The van der Waals surface area contributed by atoms with E-state index in [1.165, 1.54) is 16.7 Å². The fraction of sp³-hybridized carbons (Fsp3) is 0.192. The third-order valence-corrected chi connectivity index (χ3v) is 5.67. The minimum absolute atomic E-state index is 0.268. The first-order chi connectivity index (χ1) is 13.8. The van der Waals surface area contributed by atoms with E-state index >= 15 is 4.39 Å². The van der Waals surface area contributed by atoms with Crippen LogP contribution in [0.15, 0.2) is 60.6 Å². The van der Waals surface area contributed by atoms with Crippen molar-refractivity contribution in [3.05, 3.63) is 88.8 Å². The van der Waals surface area contributed by atoms with E-state index in [0.717, 1.165) is 33.3 Å². The van der Waals surface area contributed by atoms with E-state index in [9.17, 15) is 0 Å². The molecule has 0 aliphatic carbocycles. The van der Waals surface area contributed by atoms with Crippen LogP contribution in [0.5, 0.6) is 0 Å². The molecule has 0 radical (unpaired) electrons. The van der Waals surface area contributed by atoms with Crippen LogP contribution in [0.1, 0.15) is 23.8 Å². The summed E-state index contributed by atoms with van der Waals surface area (Å²) in [4.78, 5) is 0. The first kappa shape index (κ1) is 17.1. The molecule has 1 aromatic heterocycles. The fourth-order valence-electron chi connectivity index (χ4n) is 3.95.